The van der Waals surface area contributed by atoms with Gasteiger partial charge in [-0.3, -0.25) is 0 Å². The lowest BCUT2D eigenvalue weighted by Gasteiger charge is -2.49. The van der Waals surface area contributed by atoms with E-state index >= 15 is 0 Å². The summed E-state index contributed by atoms with van der Waals surface area (Å²) in [4.78, 5) is 2.59. The summed E-state index contributed by atoms with van der Waals surface area (Å²) in [5.41, 5.74) is 3.24. The molecule has 0 atom stereocenters. The first kappa shape index (κ1) is 11.2. The van der Waals surface area contributed by atoms with E-state index in [9.17, 15) is 0 Å². The molecule has 1 aromatic carbocycles. The van der Waals surface area contributed by atoms with Crippen LogP contribution in [0.4, 0.5) is 0 Å². The Morgan fingerprint density at radius 2 is 1.59 bits per heavy atom. The van der Waals surface area contributed by atoms with Gasteiger partial charge < -0.3 is 10.0 Å². The Labute approximate surface area is 103 Å². The number of aliphatic hydroxyl groups is 1. The van der Waals surface area contributed by atoms with Crippen LogP contribution in [0.3, 0.4) is 0 Å². The third-order valence-corrected chi connectivity index (χ3v) is 4.69. The van der Waals surface area contributed by atoms with E-state index < -0.39 is 0 Å². The van der Waals surface area contributed by atoms with Gasteiger partial charge in [0, 0.05) is 6.61 Å². The van der Waals surface area contributed by atoms with Gasteiger partial charge in [-0.2, -0.15) is 0 Å². The van der Waals surface area contributed by atoms with Crippen molar-refractivity contribution in [3.8, 4) is 0 Å². The standard InChI is InChI=1S/C15H21NO/c17-12-5-13-1-3-14(4-2-13)15-6-9-16(10-7-15)11-8-15/h1-4,17H,5-12H2. The second-order valence-corrected chi connectivity index (χ2v) is 5.54. The minimum atomic E-state index is 0.249. The lowest BCUT2D eigenvalue weighted by molar-refractivity contribution is 0.0818. The van der Waals surface area contributed by atoms with Gasteiger partial charge in [-0.05, 0) is 61.9 Å². The maximum Gasteiger partial charge on any atom is 0.0471 e. The number of benzene rings is 1. The maximum absolute atomic E-state index is 8.94. The van der Waals surface area contributed by atoms with Crippen LogP contribution >= 0.6 is 0 Å². The first-order chi connectivity index (χ1) is 8.32. The summed E-state index contributed by atoms with van der Waals surface area (Å²) in [5, 5.41) is 8.94. The molecule has 1 aromatic rings. The molecule has 3 saturated heterocycles. The highest BCUT2D eigenvalue weighted by molar-refractivity contribution is 5.31. The third-order valence-electron chi connectivity index (χ3n) is 4.69. The van der Waals surface area contributed by atoms with E-state index in [0.29, 0.717) is 5.41 Å². The van der Waals surface area contributed by atoms with Crippen molar-refractivity contribution in [1.29, 1.82) is 0 Å². The molecule has 0 spiro atoms. The van der Waals surface area contributed by atoms with E-state index in [1.54, 1.807) is 0 Å². The molecule has 1 N–H and O–H groups in total. The molecule has 0 aromatic heterocycles. The van der Waals surface area contributed by atoms with Gasteiger partial charge in [-0.1, -0.05) is 24.3 Å². The summed E-state index contributed by atoms with van der Waals surface area (Å²) in [7, 11) is 0. The third kappa shape index (κ3) is 2.00. The van der Waals surface area contributed by atoms with Crippen molar-refractivity contribution in [2.24, 2.45) is 0 Å². The lowest BCUT2D eigenvalue weighted by atomic mass is 9.67. The van der Waals surface area contributed by atoms with Gasteiger partial charge in [0.2, 0.25) is 0 Å². The SMILES string of the molecule is OCCc1ccc(C23CCN(CC2)CC3)cc1. The lowest BCUT2D eigenvalue weighted by Crippen LogP contribution is -2.50. The van der Waals surface area contributed by atoms with Gasteiger partial charge in [-0.25, -0.2) is 0 Å². The largest absolute Gasteiger partial charge is 0.396 e. The van der Waals surface area contributed by atoms with Crippen LogP contribution < -0.4 is 0 Å². The molecule has 92 valence electrons. The molecule has 3 fully saturated rings. The zero-order chi connectivity index (χ0) is 11.7. The topological polar surface area (TPSA) is 23.5 Å². The second-order valence-electron chi connectivity index (χ2n) is 5.54. The van der Waals surface area contributed by atoms with Gasteiger partial charge in [0.15, 0.2) is 0 Å². The van der Waals surface area contributed by atoms with E-state index in [2.05, 4.69) is 29.2 Å². The second kappa shape index (κ2) is 4.43. The molecule has 0 unspecified atom stereocenters. The molecule has 0 amide bonds. The van der Waals surface area contributed by atoms with E-state index in [1.165, 1.54) is 50.0 Å². The molecule has 0 radical (unpaired) electrons. The van der Waals surface area contributed by atoms with Gasteiger partial charge in [0.1, 0.15) is 0 Å². The van der Waals surface area contributed by atoms with Crippen LogP contribution in [0.5, 0.6) is 0 Å². The molecule has 0 saturated carbocycles. The minimum absolute atomic E-state index is 0.249. The zero-order valence-corrected chi connectivity index (χ0v) is 10.4. The fourth-order valence-corrected chi connectivity index (χ4v) is 3.41. The Balaban J connectivity index is 1.82. The van der Waals surface area contributed by atoms with Crippen LogP contribution in [0, 0.1) is 0 Å². The number of hydrogen-bond donors (Lipinski definition) is 1. The number of nitrogens with zero attached hydrogens (tertiary/aromatic N) is 1. The van der Waals surface area contributed by atoms with Gasteiger partial charge in [0.05, 0.1) is 0 Å². The number of rotatable bonds is 3. The van der Waals surface area contributed by atoms with Crippen LogP contribution in [0.1, 0.15) is 30.4 Å². The van der Waals surface area contributed by atoms with Gasteiger partial charge in [0.25, 0.3) is 0 Å². The van der Waals surface area contributed by atoms with Crippen LogP contribution in [-0.2, 0) is 11.8 Å². The normalized spacial score (nSPS) is 31.7. The fourth-order valence-electron chi connectivity index (χ4n) is 3.41. The minimum Gasteiger partial charge on any atom is -0.396 e. The first-order valence-corrected chi connectivity index (χ1v) is 6.75. The molecule has 3 aliphatic rings. The van der Waals surface area contributed by atoms with Crippen LogP contribution in [0.25, 0.3) is 0 Å². The molecule has 0 aliphatic carbocycles. The summed E-state index contributed by atoms with van der Waals surface area (Å²) in [6.07, 6.45) is 4.76. The van der Waals surface area contributed by atoms with Crippen LogP contribution in [0.2, 0.25) is 0 Å². The summed E-state index contributed by atoms with van der Waals surface area (Å²) < 4.78 is 0. The summed E-state index contributed by atoms with van der Waals surface area (Å²) >= 11 is 0. The Bertz CT molecular complexity index is 363. The zero-order valence-electron chi connectivity index (χ0n) is 10.4. The molecular weight excluding hydrogens is 210 g/mol. The van der Waals surface area contributed by atoms with E-state index in [-0.39, 0.29) is 6.61 Å². The molecule has 3 heterocycles. The predicted octanol–water partition coefficient (Wildman–Crippen LogP) is 1.96. The maximum atomic E-state index is 8.94. The van der Waals surface area contributed by atoms with Crippen molar-refractivity contribution in [2.45, 2.75) is 31.1 Å². The highest BCUT2D eigenvalue weighted by Crippen LogP contribution is 2.42. The van der Waals surface area contributed by atoms with Crippen molar-refractivity contribution in [2.75, 3.05) is 26.2 Å². The smallest absolute Gasteiger partial charge is 0.0471 e. The molecule has 4 rings (SSSR count). The Hall–Kier alpha value is -0.860. The quantitative estimate of drug-likeness (QED) is 0.859. The number of fused-ring (bicyclic) bond motifs is 3. The summed E-state index contributed by atoms with van der Waals surface area (Å²) in [5.74, 6) is 0. The Morgan fingerprint density at radius 1 is 1.00 bits per heavy atom. The van der Waals surface area contributed by atoms with E-state index in [4.69, 9.17) is 5.11 Å². The Morgan fingerprint density at radius 3 is 2.12 bits per heavy atom. The number of aliphatic hydroxyl groups excluding tert-OH is 1. The van der Waals surface area contributed by atoms with Gasteiger partial charge in [-0.15, -0.1) is 0 Å². The molecule has 17 heavy (non-hydrogen) atoms. The van der Waals surface area contributed by atoms with Crippen molar-refractivity contribution < 1.29 is 5.11 Å². The monoisotopic (exact) mass is 231 g/mol. The number of piperidine rings is 3. The fraction of sp³-hybridized carbons (Fsp3) is 0.600. The average Bonchev–Trinajstić information content (AvgIpc) is 2.42. The van der Waals surface area contributed by atoms with E-state index in [0.717, 1.165) is 6.42 Å². The van der Waals surface area contributed by atoms with Gasteiger partial charge >= 0.3 is 0 Å². The first-order valence-electron chi connectivity index (χ1n) is 6.75. The predicted molar refractivity (Wildman–Crippen MR) is 69.2 cm³/mol. The van der Waals surface area contributed by atoms with Crippen molar-refractivity contribution >= 4 is 0 Å². The summed E-state index contributed by atoms with van der Waals surface area (Å²) in [6.45, 7) is 4.08. The van der Waals surface area contributed by atoms with Crippen molar-refractivity contribution in [3.63, 3.8) is 0 Å². The highest BCUT2D eigenvalue weighted by atomic mass is 16.2. The summed E-state index contributed by atoms with van der Waals surface area (Å²) in [6, 6.07) is 8.99. The highest BCUT2D eigenvalue weighted by Gasteiger charge is 2.40. The molecule has 2 heteroatoms. The average molecular weight is 231 g/mol. The Kier molecular flexibility index (Phi) is 2.93. The molecule has 2 nitrogen and oxygen atoms in total. The van der Waals surface area contributed by atoms with E-state index in [1.807, 2.05) is 0 Å². The van der Waals surface area contributed by atoms with Crippen molar-refractivity contribution in [1.82, 2.24) is 4.90 Å². The molecule has 2 bridgehead atoms. The van der Waals surface area contributed by atoms with Crippen molar-refractivity contribution in [3.05, 3.63) is 35.4 Å². The molecular formula is C15H21NO. The van der Waals surface area contributed by atoms with Crippen LogP contribution in [-0.4, -0.2) is 36.2 Å². The number of hydrogen-bond acceptors (Lipinski definition) is 2. The molecule has 3 aliphatic heterocycles. The van der Waals surface area contributed by atoms with Crippen LogP contribution in [0.15, 0.2) is 24.3 Å².